The number of benzene rings is 2. The smallest absolute Gasteiger partial charge is 0.318 e. The van der Waals surface area contributed by atoms with Crippen molar-refractivity contribution in [1.29, 1.82) is 0 Å². The Bertz CT molecular complexity index is 1730. The Kier molecular flexibility index (Phi) is 8.33. The Morgan fingerprint density at radius 3 is 2.33 bits per heavy atom. The van der Waals surface area contributed by atoms with Gasteiger partial charge in [0.15, 0.2) is 0 Å². The molecule has 0 bridgehead atoms. The molecule has 46 heavy (non-hydrogen) atoms. The number of amides is 2. The van der Waals surface area contributed by atoms with Gasteiger partial charge < -0.3 is 15.6 Å². The number of urea groups is 1. The Morgan fingerprint density at radius 1 is 0.978 bits per heavy atom. The van der Waals surface area contributed by atoms with Crippen molar-refractivity contribution in [3.63, 3.8) is 0 Å². The van der Waals surface area contributed by atoms with E-state index in [9.17, 15) is 9.18 Å². The molecule has 2 aromatic heterocycles. The molecule has 0 saturated heterocycles. The number of nitrogens with zero attached hydrogens (tertiary/aromatic N) is 4. The van der Waals surface area contributed by atoms with Crippen molar-refractivity contribution < 1.29 is 9.18 Å². The minimum Gasteiger partial charge on any atom is -0.331 e. The Morgan fingerprint density at radius 2 is 1.67 bits per heavy atom. The van der Waals surface area contributed by atoms with Crippen LogP contribution < -0.4 is 15.8 Å². The van der Waals surface area contributed by atoms with Gasteiger partial charge >= 0.3 is 6.03 Å². The maximum absolute atomic E-state index is 14.1. The number of anilines is 1. The van der Waals surface area contributed by atoms with Crippen molar-refractivity contribution in [3.8, 4) is 0 Å². The fraction of sp³-hybridized carbons (Fsp3) is 0.237. The summed E-state index contributed by atoms with van der Waals surface area (Å²) in [5.74, 6) is 0.294. The molecule has 2 amide bonds. The third-order valence-corrected chi connectivity index (χ3v) is 9.29. The second kappa shape index (κ2) is 13.0. The van der Waals surface area contributed by atoms with Gasteiger partial charge in [-0.3, -0.25) is 15.0 Å². The number of pyridine rings is 2. The molecule has 3 atom stereocenters. The molecule has 3 aliphatic rings. The van der Waals surface area contributed by atoms with Crippen LogP contribution in [0.15, 0.2) is 138 Å². The van der Waals surface area contributed by atoms with Gasteiger partial charge in [-0.05, 0) is 89.9 Å². The zero-order valence-corrected chi connectivity index (χ0v) is 25.8. The van der Waals surface area contributed by atoms with Crippen LogP contribution in [0.4, 0.5) is 14.9 Å². The van der Waals surface area contributed by atoms with Crippen LogP contribution >= 0.6 is 0 Å². The standard InChI is InChI=1S/C38H37FN6O/c1-26-34-23-42-45(33-15-13-32(39)14-16-33)36(34)20-31-12-11-30(37(26)31)19-35(29-9-3-2-4-10-29)43-38(46)44(24-27-7-5-17-40-21-27)25-28-8-6-18-41-22-28/h2-10,13-18,20-23,26,30,35,42H,11-12,19,24-25H2,1H3,(H,43,46)/t26-,30+,35?/m0/s1. The van der Waals surface area contributed by atoms with E-state index in [4.69, 9.17) is 0 Å². The first-order valence-electron chi connectivity index (χ1n) is 15.9. The average Bonchev–Trinajstić information content (AvgIpc) is 3.71. The predicted octanol–water partition coefficient (Wildman–Crippen LogP) is 7.61. The summed E-state index contributed by atoms with van der Waals surface area (Å²) in [5, 5.41) is 5.47. The summed E-state index contributed by atoms with van der Waals surface area (Å²) in [5.41, 5.74) is 12.5. The van der Waals surface area contributed by atoms with Crippen molar-refractivity contribution in [2.75, 3.05) is 5.01 Å². The lowest BCUT2D eigenvalue weighted by Gasteiger charge is -2.32. The minimum atomic E-state index is -0.247. The summed E-state index contributed by atoms with van der Waals surface area (Å²) in [4.78, 5) is 24.5. The number of allylic oxidation sites excluding steroid dienone is 4. The Hall–Kier alpha value is -5.24. The van der Waals surface area contributed by atoms with Gasteiger partial charge in [-0.2, -0.15) is 0 Å². The van der Waals surface area contributed by atoms with Crippen molar-refractivity contribution in [1.82, 2.24) is 25.6 Å². The molecule has 0 spiro atoms. The summed E-state index contributed by atoms with van der Waals surface area (Å²) >= 11 is 0. The van der Waals surface area contributed by atoms with Gasteiger partial charge in [0.1, 0.15) is 5.82 Å². The van der Waals surface area contributed by atoms with Crippen LogP contribution in [0.5, 0.6) is 0 Å². The summed E-state index contributed by atoms with van der Waals surface area (Å²) in [6, 6.07) is 24.4. The molecule has 3 heterocycles. The van der Waals surface area contributed by atoms with Crippen LogP contribution in [0.2, 0.25) is 0 Å². The fourth-order valence-electron chi connectivity index (χ4n) is 7.07. The molecule has 7 nitrogen and oxygen atoms in total. The second-order valence-corrected chi connectivity index (χ2v) is 12.2. The number of carbonyl (C=O) groups is 1. The number of halogens is 1. The second-order valence-electron chi connectivity index (χ2n) is 12.2. The van der Waals surface area contributed by atoms with Crippen LogP contribution in [0.25, 0.3) is 0 Å². The molecule has 2 N–H and O–H groups in total. The first-order valence-corrected chi connectivity index (χ1v) is 15.9. The average molecular weight is 613 g/mol. The quantitative estimate of drug-likeness (QED) is 0.204. The summed E-state index contributed by atoms with van der Waals surface area (Å²) < 4.78 is 13.6. The van der Waals surface area contributed by atoms with Crippen LogP contribution in [-0.2, 0) is 13.1 Å². The van der Waals surface area contributed by atoms with Gasteiger partial charge in [0.25, 0.3) is 0 Å². The maximum atomic E-state index is 14.1. The number of fused-ring (bicyclic) bond motifs is 1. The summed E-state index contributed by atoms with van der Waals surface area (Å²) in [7, 11) is 0. The number of rotatable bonds is 9. The molecule has 7 rings (SSSR count). The van der Waals surface area contributed by atoms with Crippen LogP contribution in [0.3, 0.4) is 0 Å². The first kappa shape index (κ1) is 29.5. The number of carbonyl (C=O) groups excluding carboxylic acids is 1. The van der Waals surface area contributed by atoms with Crippen LogP contribution in [0.1, 0.15) is 48.9 Å². The molecule has 1 aliphatic heterocycles. The van der Waals surface area contributed by atoms with Gasteiger partial charge in [0.05, 0.1) is 17.4 Å². The number of hydrogen-bond donors (Lipinski definition) is 2. The third kappa shape index (κ3) is 6.15. The van der Waals surface area contributed by atoms with Crippen LogP contribution in [-0.4, -0.2) is 20.9 Å². The number of hydrogen-bond acceptors (Lipinski definition) is 5. The Balaban J connectivity index is 1.14. The molecule has 8 heteroatoms. The lowest BCUT2D eigenvalue weighted by molar-refractivity contribution is 0.186. The number of nitrogens with one attached hydrogen (secondary N) is 2. The van der Waals surface area contributed by atoms with E-state index in [1.807, 2.05) is 52.4 Å². The molecule has 1 unspecified atom stereocenters. The molecule has 0 fully saturated rings. The summed E-state index contributed by atoms with van der Waals surface area (Å²) in [6.07, 6.45) is 14.3. The van der Waals surface area contributed by atoms with Gasteiger partial charge in [-0.1, -0.05) is 55.0 Å². The van der Waals surface area contributed by atoms with Gasteiger partial charge in [-0.25, -0.2) is 9.18 Å². The third-order valence-electron chi connectivity index (χ3n) is 9.29. The molecule has 0 saturated carbocycles. The van der Waals surface area contributed by atoms with E-state index < -0.39 is 0 Å². The molecular formula is C38H37FN6O. The van der Waals surface area contributed by atoms with E-state index in [1.54, 1.807) is 36.9 Å². The molecule has 232 valence electrons. The highest BCUT2D eigenvalue weighted by molar-refractivity contribution is 5.75. The lowest BCUT2D eigenvalue weighted by Crippen LogP contribution is -2.41. The summed E-state index contributed by atoms with van der Waals surface area (Å²) in [6.45, 7) is 3.15. The molecule has 2 aliphatic carbocycles. The zero-order chi connectivity index (χ0) is 31.5. The van der Waals surface area contributed by atoms with Gasteiger partial charge in [0, 0.05) is 55.6 Å². The highest BCUT2D eigenvalue weighted by Gasteiger charge is 2.39. The van der Waals surface area contributed by atoms with Gasteiger partial charge in [-0.15, -0.1) is 0 Å². The van der Waals surface area contributed by atoms with Crippen molar-refractivity contribution in [2.24, 2.45) is 11.8 Å². The first-order chi connectivity index (χ1) is 22.5. The number of aromatic nitrogens is 2. The van der Waals surface area contributed by atoms with E-state index in [-0.39, 0.29) is 23.8 Å². The minimum absolute atomic E-state index is 0.120. The van der Waals surface area contributed by atoms with Crippen LogP contribution in [0, 0.1) is 17.7 Å². The molecule has 0 radical (unpaired) electrons. The van der Waals surface area contributed by atoms with Crippen molar-refractivity contribution >= 4 is 11.7 Å². The van der Waals surface area contributed by atoms with Crippen molar-refractivity contribution in [3.05, 3.63) is 161 Å². The molecule has 4 aromatic rings. The highest BCUT2D eigenvalue weighted by atomic mass is 19.1. The Labute approximate surface area is 269 Å². The van der Waals surface area contributed by atoms with E-state index in [0.29, 0.717) is 19.0 Å². The SMILES string of the molecule is C[C@H]1C2=CNN(c3ccc(F)cc3)C2=CC2=C1[C@@H](CC(NC(=O)N(Cc1cccnc1)Cc1cccnc1)c1ccccc1)CC2. The van der Waals surface area contributed by atoms with E-state index in [1.165, 1.54) is 28.9 Å². The largest absolute Gasteiger partial charge is 0.331 e. The topological polar surface area (TPSA) is 73.4 Å². The molecule has 2 aromatic carbocycles. The van der Waals surface area contributed by atoms with E-state index in [0.717, 1.165) is 47.3 Å². The fourth-order valence-corrected chi connectivity index (χ4v) is 7.07. The van der Waals surface area contributed by atoms with Gasteiger partial charge in [0.2, 0.25) is 0 Å². The lowest BCUT2D eigenvalue weighted by atomic mass is 9.78. The monoisotopic (exact) mass is 612 g/mol. The zero-order valence-electron chi connectivity index (χ0n) is 25.8. The highest BCUT2D eigenvalue weighted by Crippen LogP contribution is 2.49. The van der Waals surface area contributed by atoms with E-state index in [2.05, 4.69) is 52.0 Å². The van der Waals surface area contributed by atoms with Crippen molar-refractivity contribution in [2.45, 2.75) is 45.3 Å². The molecular weight excluding hydrogens is 575 g/mol. The van der Waals surface area contributed by atoms with E-state index >= 15 is 0 Å². The maximum Gasteiger partial charge on any atom is 0.318 e. The number of hydrazine groups is 1. The normalized spacial score (nSPS) is 19.0. The predicted molar refractivity (Wildman–Crippen MR) is 177 cm³/mol.